The number of hydrogen-bond donors (Lipinski definition) is 4. The minimum absolute atomic E-state index is 0.00739. The zero-order chi connectivity index (χ0) is 80.4. The summed E-state index contributed by atoms with van der Waals surface area (Å²) in [6, 6.07) is 43.9. The Morgan fingerprint density at radius 3 is 1.37 bits per heavy atom. The van der Waals surface area contributed by atoms with Gasteiger partial charge in [-0.25, -0.2) is 14.4 Å². The number of aromatic hydroxyl groups is 1. The lowest BCUT2D eigenvalue weighted by atomic mass is 9.53. The quantitative estimate of drug-likeness (QED) is 0.0216. The molecule has 12 atom stereocenters. The molecule has 2 heterocycles. The number of benzene rings is 6. The molecule has 0 aliphatic heterocycles. The zero-order valence-electron chi connectivity index (χ0n) is 64.5. The Labute approximate surface area is 647 Å². The molecule has 0 radical (unpaired) electrons. The standard InChI is InChI=1S/C48H56N2O12Si.C37H34N2O10/c1-27-30-23-18-24-31(58-45(55)60-46(2,3)4)33(30)38(51)34-32(27)39(59-44(54)57-26-29-21-16-13-17-22-29)36-37(50(8)9)40-35(43(49-61-40)56-25-28-19-14-12-15-20-28)42(53)48(36,41(34)52)62-63(10,11)47(5,6)7;1-19-22-15-10-16-23(40)25(22)30(41)26-24(19)31(48-36(44)47-18-21-13-8-5-9-14-21)28-29(39(2)3)32-27(34(43)37(28,45)33(26)42)35(38-49-32)46-17-20-11-6-4-7-12-20/h12-24,27,32,36-37,39,51H,25-26H2,1-11H3;4-16,19,24,28-29,31,40-41,45H,17-18H2,1-3H3/t27-,32+,36+,37-,39-,48-;19-,24+,28+,29-,31-,37-/m00/s1. The summed E-state index contributed by atoms with van der Waals surface area (Å²) in [5.74, 6) is -11.9. The maximum atomic E-state index is 16.2. The van der Waals surface area contributed by atoms with Gasteiger partial charge in [-0.2, -0.15) is 0 Å². The zero-order valence-corrected chi connectivity index (χ0v) is 65.5. The summed E-state index contributed by atoms with van der Waals surface area (Å²) in [6.07, 6.45) is -6.01. The minimum Gasteiger partial charge on any atom is -0.507 e. The van der Waals surface area contributed by atoms with Crippen LogP contribution in [0.15, 0.2) is 178 Å². The molecule has 0 unspecified atom stereocenters. The highest BCUT2D eigenvalue weighted by Crippen LogP contribution is 2.64. The number of rotatable bonds is 17. The first-order valence-corrected chi connectivity index (χ1v) is 39.8. The molecule has 14 rings (SSSR count). The van der Waals surface area contributed by atoms with Crippen molar-refractivity contribution in [1.82, 2.24) is 20.1 Å². The number of carbonyl (C=O) groups is 7. The van der Waals surface area contributed by atoms with E-state index < -0.39 is 143 Å². The number of nitrogens with zero attached hydrogens (tertiary/aromatic N) is 4. The van der Waals surface area contributed by atoms with Gasteiger partial charge in [0.2, 0.25) is 23.1 Å². The monoisotopic (exact) mass is 1550 g/mol. The van der Waals surface area contributed by atoms with Crippen molar-refractivity contribution in [3.8, 4) is 23.3 Å². The second-order valence-corrected chi connectivity index (χ2v) is 36.7. The van der Waals surface area contributed by atoms with E-state index in [0.29, 0.717) is 22.3 Å². The number of Topliss-reactive ketones (excluding diaryl/α,β-unsaturated/α-hetero) is 4. The topological polar surface area (TPSA) is 342 Å². The van der Waals surface area contributed by atoms with Crippen LogP contribution in [0.2, 0.25) is 18.1 Å². The van der Waals surface area contributed by atoms with Gasteiger partial charge in [0.1, 0.15) is 78.4 Å². The molecular formula is C85H90N4O22Si. The molecule has 0 saturated heterocycles. The summed E-state index contributed by atoms with van der Waals surface area (Å²) in [5, 5.41) is 55.4. The number of ketones is 4. The Hall–Kier alpha value is -11.2. The second-order valence-electron chi connectivity index (χ2n) is 31.9. The molecule has 6 aliphatic rings. The third-order valence-corrected chi connectivity index (χ3v) is 26.8. The molecular weight excluding hydrogens is 1460 g/mol. The van der Waals surface area contributed by atoms with Crippen LogP contribution in [0.3, 0.4) is 0 Å². The average molecular weight is 1550 g/mol. The van der Waals surface area contributed by atoms with Crippen molar-refractivity contribution < 1.29 is 105 Å². The largest absolute Gasteiger partial charge is 0.514 e. The molecule has 6 aromatic carbocycles. The van der Waals surface area contributed by atoms with Gasteiger partial charge in [-0.1, -0.05) is 180 Å². The minimum atomic E-state index is -3.21. The summed E-state index contributed by atoms with van der Waals surface area (Å²) in [4.78, 5) is 106. The lowest BCUT2D eigenvalue weighted by Gasteiger charge is -2.57. The Morgan fingerprint density at radius 2 is 0.911 bits per heavy atom. The van der Waals surface area contributed by atoms with E-state index in [1.807, 2.05) is 126 Å². The van der Waals surface area contributed by atoms with E-state index in [1.165, 1.54) is 12.1 Å². The average Bonchev–Trinajstić information content (AvgIpc) is 0.699. The first kappa shape index (κ1) is 78.9. The van der Waals surface area contributed by atoms with Crippen LogP contribution in [-0.4, -0.2) is 148 Å². The number of aliphatic hydroxyl groups is 3. The summed E-state index contributed by atoms with van der Waals surface area (Å²) in [7, 11) is 3.62. The molecule has 2 fully saturated rings. The lowest BCUT2D eigenvalue weighted by Crippen LogP contribution is -2.72. The number of aliphatic hydroxyl groups excluding tert-OH is 2. The molecule has 27 heteroatoms. The van der Waals surface area contributed by atoms with E-state index in [4.69, 9.17) is 51.4 Å². The van der Waals surface area contributed by atoms with Crippen LogP contribution in [0.4, 0.5) is 14.4 Å². The highest BCUT2D eigenvalue weighted by atomic mass is 28.4. The number of phenols is 1. The fraction of sp³-hybridized carbons (Fsp3) is 0.376. The number of carbonyl (C=O) groups excluding carboxylic acids is 7. The maximum absolute atomic E-state index is 16.2. The smallest absolute Gasteiger partial charge is 0.507 e. The van der Waals surface area contributed by atoms with E-state index in [9.17, 15) is 44.4 Å². The summed E-state index contributed by atoms with van der Waals surface area (Å²) in [6.45, 7) is 18.2. The molecule has 26 nitrogen and oxygen atoms in total. The van der Waals surface area contributed by atoms with E-state index in [1.54, 1.807) is 126 Å². The molecule has 0 amide bonds. The van der Waals surface area contributed by atoms with Crippen molar-refractivity contribution in [2.24, 2.45) is 23.7 Å². The van der Waals surface area contributed by atoms with Gasteiger partial charge >= 0.3 is 18.5 Å². The molecule has 112 heavy (non-hydrogen) atoms. The van der Waals surface area contributed by atoms with Crippen LogP contribution in [0.1, 0.15) is 156 Å². The molecule has 6 aliphatic carbocycles. The predicted octanol–water partition coefficient (Wildman–Crippen LogP) is 14.9. The predicted molar refractivity (Wildman–Crippen MR) is 406 cm³/mol. The summed E-state index contributed by atoms with van der Waals surface area (Å²) >= 11 is 0. The fourth-order valence-electron chi connectivity index (χ4n) is 16.2. The van der Waals surface area contributed by atoms with E-state index in [2.05, 4.69) is 10.3 Å². The van der Waals surface area contributed by atoms with Gasteiger partial charge in [0, 0.05) is 23.0 Å². The van der Waals surface area contributed by atoms with Crippen molar-refractivity contribution >= 4 is 61.4 Å². The van der Waals surface area contributed by atoms with E-state index in [0.717, 1.165) is 11.1 Å². The normalized spacial score (nSPS) is 24.3. The Bertz CT molecular complexity index is 5020. The van der Waals surface area contributed by atoms with Crippen LogP contribution in [0.5, 0.6) is 23.3 Å². The van der Waals surface area contributed by atoms with Crippen molar-refractivity contribution in [1.29, 1.82) is 0 Å². The summed E-state index contributed by atoms with van der Waals surface area (Å²) < 4.78 is 66.1. The first-order chi connectivity index (χ1) is 53.1. The Morgan fingerprint density at radius 1 is 0.500 bits per heavy atom. The van der Waals surface area contributed by atoms with Crippen molar-refractivity contribution in [2.75, 3.05) is 28.2 Å². The number of fused-ring (bicyclic) bond motifs is 8. The third kappa shape index (κ3) is 14.1. The van der Waals surface area contributed by atoms with Gasteiger partial charge in [-0.15, -0.1) is 0 Å². The molecule has 0 spiro atoms. The first-order valence-electron chi connectivity index (χ1n) is 36.9. The van der Waals surface area contributed by atoms with E-state index >= 15 is 9.59 Å². The van der Waals surface area contributed by atoms with Gasteiger partial charge in [0.15, 0.2) is 31.0 Å². The molecule has 0 bridgehead atoms. The van der Waals surface area contributed by atoms with Gasteiger partial charge in [-0.3, -0.25) is 29.0 Å². The van der Waals surface area contributed by atoms with Crippen LogP contribution >= 0.6 is 0 Å². The lowest BCUT2D eigenvalue weighted by molar-refractivity contribution is -0.161. The molecule has 2 saturated carbocycles. The van der Waals surface area contributed by atoms with Crippen molar-refractivity contribution in [2.45, 2.75) is 153 Å². The van der Waals surface area contributed by atoms with Crippen LogP contribution in [0, 0.1) is 23.7 Å². The van der Waals surface area contributed by atoms with Gasteiger partial charge in [0.05, 0.1) is 35.0 Å². The fourth-order valence-corrected chi connectivity index (χ4v) is 17.7. The van der Waals surface area contributed by atoms with Gasteiger partial charge in [-0.05, 0) is 135 Å². The molecule has 2 aromatic heterocycles. The number of ether oxygens (including phenoxy) is 8. The van der Waals surface area contributed by atoms with Crippen LogP contribution < -0.4 is 14.2 Å². The van der Waals surface area contributed by atoms with Crippen molar-refractivity contribution in [3.05, 3.63) is 236 Å². The highest BCUT2D eigenvalue weighted by molar-refractivity contribution is 6.74. The third-order valence-electron chi connectivity index (χ3n) is 22.3. The molecule has 8 aromatic rings. The van der Waals surface area contributed by atoms with E-state index in [-0.39, 0.29) is 94.6 Å². The van der Waals surface area contributed by atoms with Crippen LogP contribution in [0.25, 0.3) is 11.5 Å². The number of aromatic nitrogens is 2. The van der Waals surface area contributed by atoms with Gasteiger partial charge in [0.25, 0.3) is 11.8 Å². The number of phenolic OH excluding ortho intramolecular Hbond substituents is 1. The Kier molecular flexibility index (Phi) is 21.4. The molecule has 586 valence electrons. The van der Waals surface area contributed by atoms with Crippen molar-refractivity contribution in [3.63, 3.8) is 0 Å². The SMILES string of the molecule is C[C@H]1c2cccc(O)c2C(O)=C2C(=O)[C@]3(O)C(=O)c4c(OCc5ccccc5)noc4[C@@H](N(C)C)[C@@H]3[C@@H](OC(=O)OCc3ccccc3)[C@@H]21.C[C@H]1c2cccc(OC(=O)OC(C)(C)C)c2C(O)=C2C(=O)[C@]3(O[Si](C)(C)C(C)(C)C)C(=O)c4c(OCc5ccccc5)noc4[C@@H](N(C)C)[C@@H]3[C@@H](OC(=O)OCc3ccccc3)[C@@H]21. The van der Waals surface area contributed by atoms with Crippen LogP contribution in [-0.2, 0) is 64.1 Å². The maximum Gasteiger partial charge on any atom is 0.514 e. The summed E-state index contributed by atoms with van der Waals surface area (Å²) in [5.41, 5.74) is -3.20. The Balaban J connectivity index is 0.000000202. The molecule has 4 N–H and O–H groups in total. The second kappa shape index (κ2) is 30.5. The number of hydrogen-bond acceptors (Lipinski definition) is 26. The highest BCUT2D eigenvalue weighted by Gasteiger charge is 2.75. The van der Waals surface area contributed by atoms with Gasteiger partial charge < -0.3 is 71.8 Å².